The average molecular weight is 331 g/mol. The standard InChI is InChI=1S/C17H30N2O2.ClH/c1-3-15-10-19(9-11(2)21-15)17(20)14-7-12-5-4-6-13(8-14)16(12)18;/h11-16H,3-10,18H2,1-2H3;1H. The maximum Gasteiger partial charge on any atom is 0.225 e. The summed E-state index contributed by atoms with van der Waals surface area (Å²) in [6.45, 7) is 5.74. The molecule has 128 valence electrons. The third-order valence-electron chi connectivity index (χ3n) is 5.86. The lowest BCUT2D eigenvalue weighted by Gasteiger charge is -2.45. The number of ether oxygens (including phenoxy) is 1. The van der Waals surface area contributed by atoms with Crippen molar-refractivity contribution in [3.05, 3.63) is 0 Å². The van der Waals surface area contributed by atoms with Crippen LogP contribution in [-0.4, -0.2) is 42.1 Å². The van der Waals surface area contributed by atoms with E-state index in [0.717, 1.165) is 32.4 Å². The van der Waals surface area contributed by atoms with E-state index < -0.39 is 0 Å². The molecule has 3 rings (SSSR count). The summed E-state index contributed by atoms with van der Waals surface area (Å²) in [5.74, 6) is 1.73. The molecule has 4 nitrogen and oxygen atoms in total. The number of carbonyl (C=O) groups excluding carboxylic acids is 1. The summed E-state index contributed by atoms with van der Waals surface area (Å²) in [7, 11) is 0. The molecule has 1 amide bonds. The number of halogens is 1. The SMILES string of the molecule is CCC1CN(C(=O)C2CC3CCCC(C2)C3N)CC(C)O1.Cl. The van der Waals surface area contributed by atoms with Gasteiger partial charge < -0.3 is 15.4 Å². The Kier molecular flexibility index (Phi) is 6.14. The Morgan fingerprint density at radius 2 is 1.86 bits per heavy atom. The highest BCUT2D eigenvalue weighted by Gasteiger charge is 2.42. The maximum atomic E-state index is 12.9. The van der Waals surface area contributed by atoms with Gasteiger partial charge in [-0.2, -0.15) is 0 Å². The lowest BCUT2D eigenvalue weighted by Crippen LogP contribution is -2.54. The number of nitrogens with zero attached hydrogens (tertiary/aromatic N) is 1. The molecular weight excluding hydrogens is 300 g/mol. The van der Waals surface area contributed by atoms with Gasteiger partial charge in [-0.05, 0) is 50.9 Å². The normalized spacial score (nSPS) is 41.7. The third kappa shape index (κ3) is 3.60. The zero-order valence-electron chi connectivity index (χ0n) is 13.9. The van der Waals surface area contributed by atoms with Crippen LogP contribution < -0.4 is 5.73 Å². The van der Waals surface area contributed by atoms with Gasteiger partial charge in [-0.3, -0.25) is 4.79 Å². The molecule has 1 saturated heterocycles. The Bertz CT molecular complexity index is 379. The third-order valence-corrected chi connectivity index (χ3v) is 5.86. The van der Waals surface area contributed by atoms with Crippen molar-refractivity contribution in [3.8, 4) is 0 Å². The van der Waals surface area contributed by atoms with Crippen molar-refractivity contribution in [2.45, 2.75) is 70.6 Å². The molecule has 1 aliphatic heterocycles. The summed E-state index contributed by atoms with van der Waals surface area (Å²) >= 11 is 0. The molecule has 2 aliphatic carbocycles. The van der Waals surface area contributed by atoms with Gasteiger partial charge in [0.15, 0.2) is 0 Å². The van der Waals surface area contributed by atoms with Crippen LogP contribution in [0.2, 0.25) is 0 Å². The number of nitrogens with two attached hydrogens (primary N) is 1. The number of hydrogen-bond acceptors (Lipinski definition) is 3. The Hall–Kier alpha value is -0.320. The second-order valence-corrected chi connectivity index (χ2v) is 7.42. The zero-order valence-corrected chi connectivity index (χ0v) is 14.7. The molecule has 0 aromatic rings. The van der Waals surface area contributed by atoms with Crippen LogP contribution in [0.4, 0.5) is 0 Å². The number of rotatable bonds is 2. The van der Waals surface area contributed by atoms with Crippen LogP contribution in [-0.2, 0) is 9.53 Å². The Labute approximate surface area is 140 Å². The second-order valence-electron chi connectivity index (χ2n) is 7.42. The molecule has 0 aromatic carbocycles. The van der Waals surface area contributed by atoms with E-state index in [0.29, 0.717) is 23.8 Å². The van der Waals surface area contributed by atoms with E-state index in [1.807, 2.05) is 0 Å². The number of carbonyl (C=O) groups is 1. The number of hydrogen-bond donors (Lipinski definition) is 1. The number of amides is 1. The molecule has 0 aromatic heterocycles. The summed E-state index contributed by atoms with van der Waals surface area (Å²) in [5, 5.41) is 0. The summed E-state index contributed by atoms with van der Waals surface area (Å²) in [6.07, 6.45) is 7.13. The topological polar surface area (TPSA) is 55.6 Å². The minimum absolute atomic E-state index is 0. The van der Waals surface area contributed by atoms with Crippen LogP contribution in [0.1, 0.15) is 52.4 Å². The quantitative estimate of drug-likeness (QED) is 0.846. The molecule has 2 saturated carbocycles. The van der Waals surface area contributed by atoms with Crippen LogP contribution in [0.5, 0.6) is 0 Å². The van der Waals surface area contributed by atoms with Crippen molar-refractivity contribution in [2.75, 3.05) is 13.1 Å². The van der Waals surface area contributed by atoms with Crippen LogP contribution in [0.3, 0.4) is 0 Å². The summed E-state index contributed by atoms with van der Waals surface area (Å²) < 4.78 is 5.88. The molecule has 22 heavy (non-hydrogen) atoms. The second kappa shape index (κ2) is 7.50. The Morgan fingerprint density at radius 1 is 1.23 bits per heavy atom. The Balaban J connectivity index is 0.00000176. The van der Waals surface area contributed by atoms with E-state index in [9.17, 15) is 4.79 Å². The smallest absolute Gasteiger partial charge is 0.225 e. The molecule has 0 radical (unpaired) electrons. The summed E-state index contributed by atoms with van der Waals surface area (Å²) in [6, 6.07) is 0.342. The molecule has 3 aliphatic rings. The minimum atomic E-state index is 0. The van der Waals surface area contributed by atoms with E-state index in [-0.39, 0.29) is 30.5 Å². The van der Waals surface area contributed by atoms with Crippen molar-refractivity contribution < 1.29 is 9.53 Å². The van der Waals surface area contributed by atoms with Crippen LogP contribution in [0.15, 0.2) is 0 Å². The first-order valence-electron chi connectivity index (χ1n) is 8.78. The lowest BCUT2D eigenvalue weighted by molar-refractivity contribution is -0.151. The van der Waals surface area contributed by atoms with Gasteiger partial charge in [-0.1, -0.05) is 13.3 Å². The fourth-order valence-corrected chi connectivity index (χ4v) is 4.70. The predicted molar refractivity (Wildman–Crippen MR) is 90.0 cm³/mol. The molecule has 0 spiro atoms. The molecule has 2 N–H and O–H groups in total. The van der Waals surface area contributed by atoms with E-state index >= 15 is 0 Å². The average Bonchev–Trinajstić information content (AvgIpc) is 2.45. The van der Waals surface area contributed by atoms with Gasteiger partial charge in [-0.15, -0.1) is 12.4 Å². The van der Waals surface area contributed by atoms with Crippen LogP contribution in [0.25, 0.3) is 0 Å². The highest BCUT2D eigenvalue weighted by Crippen LogP contribution is 2.42. The van der Waals surface area contributed by atoms with E-state index in [1.165, 1.54) is 19.3 Å². The van der Waals surface area contributed by atoms with Crippen molar-refractivity contribution in [1.82, 2.24) is 4.90 Å². The maximum absolute atomic E-state index is 12.9. The van der Waals surface area contributed by atoms with Gasteiger partial charge >= 0.3 is 0 Å². The van der Waals surface area contributed by atoms with Gasteiger partial charge in [0.05, 0.1) is 12.2 Å². The summed E-state index contributed by atoms with van der Waals surface area (Å²) in [4.78, 5) is 15.0. The Morgan fingerprint density at radius 3 is 2.45 bits per heavy atom. The highest BCUT2D eigenvalue weighted by molar-refractivity contribution is 5.85. The lowest BCUT2D eigenvalue weighted by atomic mass is 9.65. The van der Waals surface area contributed by atoms with Gasteiger partial charge in [0.1, 0.15) is 0 Å². The van der Waals surface area contributed by atoms with Crippen molar-refractivity contribution >= 4 is 18.3 Å². The van der Waals surface area contributed by atoms with E-state index in [2.05, 4.69) is 18.7 Å². The fraction of sp³-hybridized carbons (Fsp3) is 0.941. The summed E-state index contributed by atoms with van der Waals surface area (Å²) in [5.41, 5.74) is 6.35. The molecule has 3 fully saturated rings. The fourth-order valence-electron chi connectivity index (χ4n) is 4.70. The van der Waals surface area contributed by atoms with Crippen molar-refractivity contribution in [2.24, 2.45) is 23.5 Å². The predicted octanol–water partition coefficient (Wildman–Crippen LogP) is 2.59. The van der Waals surface area contributed by atoms with Gasteiger partial charge in [0.2, 0.25) is 5.91 Å². The van der Waals surface area contributed by atoms with Gasteiger partial charge in [-0.25, -0.2) is 0 Å². The zero-order chi connectivity index (χ0) is 15.0. The molecule has 5 heteroatoms. The monoisotopic (exact) mass is 330 g/mol. The van der Waals surface area contributed by atoms with Crippen LogP contribution >= 0.6 is 12.4 Å². The molecule has 4 unspecified atom stereocenters. The van der Waals surface area contributed by atoms with E-state index in [4.69, 9.17) is 10.5 Å². The van der Waals surface area contributed by atoms with Gasteiger partial charge in [0.25, 0.3) is 0 Å². The molecule has 4 atom stereocenters. The first kappa shape index (κ1) is 18.0. The van der Waals surface area contributed by atoms with Crippen molar-refractivity contribution in [3.63, 3.8) is 0 Å². The first-order valence-corrected chi connectivity index (χ1v) is 8.78. The largest absolute Gasteiger partial charge is 0.372 e. The number of morpholine rings is 1. The van der Waals surface area contributed by atoms with Crippen molar-refractivity contribution in [1.29, 1.82) is 0 Å². The molecule has 2 bridgehead atoms. The first-order chi connectivity index (χ1) is 10.1. The molecule has 1 heterocycles. The number of fused-ring (bicyclic) bond motifs is 2. The minimum Gasteiger partial charge on any atom is -0.372 e. The highest BCUT2D eigenvalue weighted by atomic mass is 35.5. The van der Waals surface area contributed by atoms with E-state index in [1.54, 1.807) is 0 Å². The van der Waals surface area contributed by atoms with Gasteiger partial charge in [0, 0.05) is 25.0 Å². The molecular formula is C17H31ClN2O2. The van der Waals surface area contributed by atoms with Crippen LogP contribution in [0, 0.1) is 17.8 Å².